The predicted molar refractivity (Wildman–Crippen MR) is 130 cm³/mol. The van der Waals surface area contributed by atoms with E-state index in [2.05, 4.69) is 0 Å². The number of carbonyl (C=O) groups is 2. The smallest absolute Gasteiger partial charge is 0.295 e. The molecule has 1 N–H and O–H groups in total. The van der Waals surface area contributed by atoms with Gasteiger partial charge in [-0.15, -0.1) is 0 Å². The van der Waals surface area contributed by atoms with E-state index in [4.69, 9.17) is 14.2 Å². The average molecular weight is 478 g/mol. The van der Waals surface area contributed by atoms with Crippen LogP contribution in [0.5, 0.6) is 11.5 Å². The third kappa shape index (κ3) is 4.52. The first-order valence-electron chi connectivity index (χ1n) is 12.4. The molecule has 2 fully saturated rings. The summed E-state index contributed by atoms with van der Waals surface area (Å²) in [6.45, 7) is 5.59. The highest BCUT2D eigenvalue weighted by Gasteiger charge is 2.47. The van der Waals surface area contributed by atoms with Crippen LogP contribution in [0.3, 0.4) is 0 Å². The van der Waals surface area contributed by atoms with Crippen LogP contribution in [0.4, 0.5) is 0 Å². The lowest BCUT2D eigenvalue weighted by molar-refractivity contribution is -0.140. The molecule has 184 valence electrons. The quantitative estimate of drug-likeness (QED) is 0.362. The zero-order valence-electron chi connectivity index (χ0n) is 20.2. The molecule has 0 aromatic heterocycles. The summed E-state index contributed by atoms with van der Waals surface area (Å²) in [5.41, 5.74) is 2.32. The van der Waals surface area contributed by atoms with Crippen LogP contribution < -0.4 is 9.47 Å². The molecule has 35 heavy (non-hydrogen) atoms. The van der Waals surface area contributed by atoms with Crippen molar-refractivity contribution in [2.45, 2.75) is 57.8 Å². The van der Waals surface area contributed by atoms with E-state index in [-0.39, 0.29) is 23.5 Å². The van der Waals surface area contributed by atoms with Gasteiger partial charge in [0.05, 0.1) is 24.3 Å². The lowest BCUT2D eigenvalue weighted by atomic mass is 9.94. The number of fused-ring (bicyclic) bond motifs is 1. The van der Waals surface area contributed by atoms with Crippen molar-refractivity contribution in [1.29, 1.82) is 0 Å². The molecule has 0 unspecified atom stereocenters. The number of aliphatic hydroxyl groups excluding tert-OH is 1. The number of aliphatic hydroxyl groups is 1. The van der Waals surface area contributed by atoms with E-state index in [1.165, 1.54) is 0 Å². The minimum atomic E-state index is -0.706. The fourth-order valence-corrected chi connectivity index (χ4v) is 5.11. The summed E-state index contributed by atoms with van der Waals surface area (Å²) in [5.74, 6) is 0.0433. The van der Waals surface area contributed by atoms with Crippen LogP contribution in [0.25, 0.3) is 5.76 Å². The Morgan fingerprint density at radius 3 is 2.69 bits per heavy atom. The normalized spacial score (nSPS) is 25.1. The van der Waals surface area contributed by atoms with Crippen molar-refractivity contribution in [1.82, 2.24) is 4.90 Å². The first kappa shape index (κ1) is 23.4. The van der Waals surface area contributed by atoms with E-state index in [9.17, 15) is 14.7 Å². The molecule has 2 aromatic carbocycles. The number of ether oxygens (including phenoxy) is 3. The van der Waals surface area contributed by atoms with Crippen LogP contribution in [0.1, 0.15) is 55.8 Å². The van der Waals surface area contributed by atoms with Crippen LogP contribution in [-0.2, 0) is 20.7 Å². The maximum absolute atomic E-state index is 13.3. The number of likely N-dealkylation sites (tertiary alicyclic amines) is 1. The second kappa shape index (κ2) is 9.74. The van der Waals surface area contributed by atoms with Crippen LogP contribution >= 0.6 is 0 Å². The predicted octanol–water partition coefficient (Wildman–Crippen LogP) is 4.40. The van der Waals surface area contributed by atoms with Gasteiger partial charge in [0, 0.05) is 25.1 Å². The minimum Gasteiger partial charge on any atom is -0.507 e. The first-order valence-corrected chi connectivity index (χ1v) is 12.4. The summed E-state index contributed by atoms with van der Waals surface area (Å²) in [4.78, 5) is 28.0. The fraction of sp³-hybridized carbons (Fsp3) is 0.429. The van der Waals surface area contributed by atoms with Crippen LogP contribution in [0.15, 0.2) is 48.0 Å². The SMILES string of the molecule is CCCOc1ccc([C@H]2C(=C(O)c3ccc4c(c3)C[C@H](C)O4)C(=O)C(=O)N2C[C@H]2CCCO2)cc1. The lowest BCUT2D eigenvalue weighted by Gasteiger charge is -2.27. The van der Waals surface area contributed by atoms with E-state index >= 15 is 0 Å². The van der Waals surface area contributed by atoms with Gasteiger partial charge in [-0.05, 0) is 67.6 Å². The van der Waals surface area contributed by atoms with Crippen molar-refractivity contribution in [3.05, 3.63) is 64.7 Å². The van der Waals surface area contributed by atoms with Gasteiger partial charge in [-0.2, -0.15) is 0 Å². The summed E-state index contributed by atoms with van der Waals surface area (Å²) in [7, 11) is 0. The maximum atomic E-state index is 13.3. The van der Waals surface area contributed by atoms with Gasteiger partial charge in [0.2, 0.25) is 0 Å². The number of carbonyl (C=O) groups excluding carboxylic acids is 2. The maximum Gasteiger partial charge on any atom is 0.295 e. The zero-order chi connectivity index (χ0) is 24.5. The third-order valence-electron chi connectivity index (χ3n) is 6.80. The Morgan fingerprint density at radius 2 is 1.97 bits per heavy atom. The molecule has 3 aliphatic heterocycles. The third-order valence-corrected chi connectivity index (χ3v) is 6.80. The molecule has 1 amide bonds. The molecule has 2 saturated heterocycles. The minimum absolute atomic E-state index is 0.0628. The monoisotopic (exact) mass is 477 g/mol. The highest BCUT2D eigenvalue weighted by molar-refractivity contribution is 6.46. The Balaban J connectivity index is 1.55. The number of Topliss-reactive ketones (excluding diaryl/α,β-unsaturated/α-hetero) is 1. The summed E-state index contributed by atoms with van der Waals surface area (Å²) in [6.07, 6.45) is 3.33. The average Bonchev–Trinajstić information content (AvgIpc) is 3.57. The second-order valence-electron chi connectivity index (χ2n) is 9.46. The Hall–Kier alpha value is -3.32. The van der Waals surface area contributed by atoms with Gasteiger partial charge >= 0.3 is 0 Å². The van der Waals surface area contributed by atoms with Crippen molar-refractivity contribution in [3.63, 3.8) is 0 Å². The Bertz CT molecular complexity index is 1150. The van der Waals surface area contributed by atoms with Crippen molar-refractivity contribution in [2.24, 2.45) is 0 Å². The Labute approximate surface area is 205 Å². The number of hydrogen-bond acceptors (Lipinski definition) is 6. The molecule has 2 aromatic rings. The molecular formula is C28H31NO6. The number of rotatable bonds is 7. The standard InChI is InChI=1S/C28H31NO6/c1-3-12-33-21-9-6-18(7-10-21)25-24(27(31)28(32)29(25)16-22-5-4-13-34-22)26(30)19-8-11-23-20(15-19)14-17(2)35-23/h6-11,15,17,22,25,30H,3-5,12-14,16H2,1-2H3/t17-,22+,25-/m0/s1. The van der Waals surface area contributed by atoms with Crippen molar-refractivity contribution in [2.75, 3.05) is 19.8 Å². The van der Waals surface area contributed by atoms with Crippen molar-refractivity contribution < 1.29 is 28.9 Å². The molecule has 7 heteroatoms. The molecule has 0 saturated carbocycles. The highest BCUT2D eigenvalue weighted by atomic mass is 16.5. The fourth-order valence-electron chi connectivity index (χ4n) is 5.11. The van der Waals surface area contributed by atoms with Crippen molar-refractivity contribution >= 4 is 17.4 Å². The topological polar surface area (TPSA) is 85.3 Å². The molecule has 0 radical (unpaired) electrons. The Kier molecular flexibility index (Phi) is 6.52. The molecule has 3 heterocycles. The molecule has 0 spiro atoms. The molecule has 0 bridgehead atoms. The van der Waals surface area contributed by atoms with Gasteiger partial charge in [-0.25, -0.2) is 0 Å². The van der Waals surface area contributed by atoms with Crippen LogP contribution in [0, 0.1) is 0 Å². The van der Waals surface area contributed by atoms with Gasteiger partial charge in [-0.3, -0.25) is 9.59 Å². The molecule has 0 aliphatic carbocycles. The summed E-state index contributed by atoms with van der Waals surface area (Å²) in [5, 5.41) is 11.4. The molecule has 3 atom stereocenters. The number of nitrogens with zero attached hydrogens (tertiary/aromatic N) is 1. The molecular weight excluding hydrogens is 446 g/mol. The number of amides is 1. The number of hydrogen-bond donors (Lipinski definition) is 1. The van der Waals surface area contributed by atoms with E-state index in [0.29, 0.717) is 25.3 Å². The van der Waals surface area contributed by atoms with E-state index in [1.54, 1.807) is 11.0 Å². The second-order valence-corrected chi connectivity index (χ2v) is 9.46. The molecule has 3 aliphatic rings. The largest absolute Gasteiger partial charge is 0.507 e. The van der Waals surface area contributed by atoms with Gasteiger partial charge in [0.15, 0.2) is 0 Å². The van der Waals surface area contributed by atoms with Gasteiger partial charge in [-0.1, -0.05) is 19.1 Å². The van der Waals surface area contributed by atoms with E-state index in [0.717, 1.165) is 48.3 Å². The van der Waals surface area contributed by atoms with E-state index in [1.807, 2.05) is 50.2 Å². The van der Waals surface area contributed by atoms with Gasteiger partial charge in [0.25, 0.3) is 11.7 Å². The number of benzene rings is 2. The molecule has 5 rings (SSSR count). The zero-order valence-corrected chi connectivity index (χ0v) is 20.2. The summed E-state index contributed by atoms with van der Waals surface area (Å²) >= 11 is 0. The van der Waals surface area contributed by atoms with Crippen molar-refractivity contribution in [3.8, 4) is 11.5 Å². The van der Waals surface area contributed by atoms with Gasteiger partial charge in [0.1, 0.15) is 23.4 Å². The number of ketones is 1. The summed E-state index contributed by atoms with van der Waals surface area (Å²) in [6, 6.07) is 12.1. The summed E-state index contributed by atoms with van der Waals surface area (Å²) < 4.78 is 17.2. The highest BCUT2D eigenvalue weighted by Crippen LogP contribution is 2.41. The Morgan fingerprint density at radius 1 is 1.17 bits per heavy atom. The van der Waals surface area contributed by atoms with Crippen LogP contribution in [0.2, 0.25) is 0 Å². The molecule has 7 nitrogen and oxygen atoms in total. The lowest BCUT2D eigenvalue weighted by Crippen LogP contribution is -2.36. The van der Waals surface area contributed by atoms with E-state index < -0.39 is 17.7 Å². The van der Waals surface area contributed by atoms with Crippen LogP contribution in [-0.4, -0.2) is 53.7 Å². The van der Waals surface area contributed by atoms with Gasteiger partial charge < -0.3 is 24.2 Å². The first-order chi connectivity index (χ1) is 17.0.